The normalized spacial score (nSPS) is 23.7. The van der Waals surface area contributed by atoms with Crippen LogP contribution in [-0.4, -0.2) is 66.6 Å². The number of sulfone groups is 1. The van der Waals surface area contributed by atoms with Crippen molar-refractivity contribution in [2.75, 3.05) is 19.9 Å². The number of carbonyl (C=O) groups excluding carboxylic acids is 1. The van der Waals surface area contributed by atoms with Crippen molar-refractivity contribution in [2.45, 2.75) is 63.4 Å². The fourth-order valence-corrected chi connectivity index (χ4v) is 6.68. The van der Waals surface area contributed by atoms with Gasteiger partial charge in [-0.05, 0) is 57.3 Å². The number of ether oxygens (including phenoxy) is 1. The Bertz CT molecular complexity index is 1370. The van der Waals surface area contributed by atoms with Gasteiger partial charge in [-0.2, -0.15) is 18.3 Å². The second kappa shape index (κ2) is 12.1. The third-order valence-electron chi connectivity index (χ3n) is 7.74. The van der Waals surface area contributed by atoms with Gasteiger partial charge in [0, 0.05) is 37.8 Å². The van der Waals surface area contributed by atoms with Crippen LogP contribution in [0.5, 0.6) is 5.75 Å². The molecule has 220 valence electrons. The van der Waals surface area contributed by atoms with E-state index in [1.165, 1.54) is 25.8 Å². The smallest absolute Gasteiger partial charge is 0.391 e. The summed E-state index contributed by atoms with van der Waals surface area (Å²) in [5.41, 5.74) is 0.978. The summed E-state index contributed by atoms with van der Waals surface area (Å²) in [5.74, 6) is -1.16. The summed E-state index contributed by atoms with van der Waals surface area (Å²) in [6, 6.07) is 1.56. The number of rotatable bonds is 9. The zero-order chi connectivity index (χ0) is 29.2. The van der Waals surface area contributed by atoms with Crippen molar-refractivity contribution in [3.63, 3.8) is 0 Å². The maximum atomic E-state index is 13.0. The molecular weight excluding hydrogens is 571 g/mol. The van der Waals surface area contributed by atoms with Crippen LogP contribution in [0.4, 0.5) is 19.0 Å². The first-order valence-corrected chi connectivity index (χ1v) is 15.5. The van der Waals surface area contributed by atoms with Crippen molar-refractivity contribution < 1.29 is 31.1 Å². The average molecular weight is 604 g/mol. The predicted octanol–water partition coefficient (Wildman–Crippen LogP) is 5.25. The predicted molar refractivity (Wildman–Crippen MR) is 146 cm³/mol. The molecule has 2 fully saturated rings. The Balaban J connectivity index is 1.45. The summed E-state index contributed by atoms with van der Waals surface area (Å²) >= 11 is 6.66. The van der Waals surface area contributed by atoms with Gasteiger partial charge in [-0.1, -0.05) is 11.6 Å². The monoisotopic (exact) mass is 603 g/mol. The molecule has 0 unspecified atom stereocenters. The molecular formula is C26H33ClF3N5O4S. The minimum Gasteiger partial charge on any atom is -0.496 e. The highest BCUT2D eigenvalue weighted by molar-refractivity contribution is 7.91. The number of carbonyl (C=O) groups is 1. The fourth-order valence-electron chi connectivity index (χ4n) is 5.23. The minimum atomic E-state index is -4.18. The molecule has 1 N–H and O–H groups in total. The molecule has 4 rings (SSSR count). The number of nitrogens with one attached hydrogen (secondary N) is 1. The lowest BCUT2D eigenvalue weighted by atomic mass is 9.75. The number of amides is 1. The summed E-state index contributed by atoms with van der Waals surface area (Å²) in [5, 5.41) is 7.09. The van der Waals surface area contributed by atoms with Crippen molar-refractivity contribution in [2.24, 2.45) is 22.7 Å². The lowest BCUT2D eigenvalue weighted by molar-refractivity contribution is -0.198. The number of hydrogen-bond donors (Lipinski definition) is 1. The van der Waals surface area contributed by atoms with Crippen LogP contribution in [0.2, 0.25) is 5.02 Å². The van der Waals surface area contributed by atoms with E-state index >= 15 is 0 Å². The van der Waals surface area contributed by atoms with E-state index in [0.717, 1.165) is 0 Å². The molecule has 2 aromatic heterocycles. The number of alkyl halides is 3. The highest BCUT2D eigenvalue weighted by Crippen LogP contribution is 2.44. The molecule has 40 heavy (non-hydrogen) atoms. The Morgan fingerprint density at radius 2 is 1.95 bits per heavy atom. The van der Waals surface area contributed by atoms with Crippen molar-refractivity contribution in [3.8, 4) is 17.0 Å². The number of aromatic nitrogens is 3. The van der Waals surface area contributed by atoms with Gasteiger partial charge < -0.3 is 10.1 Å². The second-order valence-corrected chi connectivity index (χ2v) is 13.2. The Hall–Kier alpha value is -2.67. The molecule has 0 spiro atoms. The van der Waals surface area contributed by atoms with Gasteiger partial charge >= 0.3 is 6.18 Å². The van der Waals surface area contributed by atoms with Crippen molar-refractivity contribution in [1.29, 1.82) is 0 Å². The minimum absolute atomic E-state index is 0.0142. The molecule has 0 aliphatic heterocycles. The van der Waals surface area contributed by atoms with Gasteiger partial charge in [-0.3, -0.25) is 9.48 Å². The Morgan fingerprint density at radius 1 is 1.27 bits per heavy atom. The zero-order valence-electron chi connectivity index (χ0n) is 22.5. The van der Waals surface area contributed by atoms with Crippen LogP contribution in [0.3, 0.4) is 0 Å². The molecule has 2 aromatic rings. The molecule has 1 amide bonds. The quantitative estimate of drug-likeness (QED) is 0.391. The number of aliphatic imine (C=N–C) groups is 1. The van der Waals surface area contributed by atoms with Crippen LogP contribution >= 0.6 is 11.6 Å². The third-order valence-corrected chi connectivity index (χ3v) is 9.78. The van der Waals surface area contributed by atoms with Crippen LogP contribution in [0, 0.1) is 17.8 Å². The summed E-state index contributed by atoms with van der Waals surface area (Å²) in [6.07, 6.45) is 2.67. The van der Waals surface area contributed by atoms with Crippen LogP contribution < -0.4 is 10.1 Å². The molecule has 0 atom stereocenters. The van der Waals surface area contributed by atoms with Crippen LogP contribution in [0.25, 0.3) is 11.3 Å². The molecule has 0 saturated heterocycles. The average Bonchev–Trinajstić information content (AvgIpc) is 3.21. The summed E-state index contributed by atoms with van der Waals surface area (Å²) in [4.78, 5) is 21.6. The van der Waals surface area contributed by atoms with Gasteiger partial charge in [0.05, 0.1) is 34.6 Å². The van der Waals surface area contributed by atoms with E-state index in [4.69, 9.17) is 16.3 Å². The van der Waals surface area contributed by atoms with Crippen LogP contribution in [0.1, 0.15) is 55.9 Å². The van der Waals surface area contributed by atoms with E-state index in [-0.39, 0.29) is 46.5 Å². The topological polar surface area (TPSA) is 116 Å². The number of nitrogens with zero attached hydrogens (tertiary/aromatic N) is 4. The molecule has 2 aliphatic rings. The zero-order valence-corrected chi connectivity index (χ0v) is 24.1. The number of hydrogen-bond acceptors (Lipinski definition) is 7. The van der Waals surface area contributed by atoms with E-state index < -0.39 is 27.8 Å². The molecule has 2 aliphatic carbocycles. The first-order chi connectivity index (χ1) is 18.8. The molecule has 2 saturated carbocycles. The van der Waals surface area contributed by atoms with E-state index in [1.807, 2.05) is 6.92 Å². The fraction of sp³-hybridized carbons (Fsp3) is 0.615. The summed E-state index contributed by atoms with van der Waals surface area (Å²) in [7, 11) is -1.60. The first-order valence-electron chi connectivity index (χ1n) is 13.2. The Morgan fingerprint density at radius 3 is 2.52 bits per heavy atom. The van der Waals surface area contributed by atoms with E-state index in [9.17, 15) is 26.4 Å². The third kappa shape index (κ3) is 6.79. The molecule has 2 heterocycles. The number of aryl methyl sites for hydroxylation is 1. The van der Waals surface area contributed by atoms with Gasteiger partial charge in [0.1, 0.15) is 15.6 Å². The van der Waals surface area contributed by atoms with Crippen LogP contribution in [-0.2, 0) is 16.4 Å². The first kappa shape index (κ1) is 30.3. The van der Waals surface area contributed by atoms with Gasteiger partial charge in [0.25, 0.3) is 5.91 Å². The maximum absolute atomic E-state index is 13.0. The highest BCUT2D eigenvalue weighted by atomic mass is 35.5. The Kier molecular flexibility index (Phi) is 9.13. The van der Waals surface area contributed by atoms with Crippen molar-refractivity contribution in [3.05, 3.63) is 23.0 Å². The standard InChI is InChI=1S/C26H33ClF3N5O4S/c1-4-35-24(19-14-32-21(11-20(19)39-2)31-13-16-9-17(10-16)26(28,29)30)22(27)23(34-35)25(36)33-12-15-5-7-18(8-6-15)40(3,37)38/h11,13-18H,4-10,12H2,1-3H3,(H,33,36). The van der Waals surface area contributed by atoms with E-state index in [0.29, 0.717) is 55.8 Å². The summed E-state index contributed by atoms with van der Waals surface area (Å²) < 4.78 is 68.9. The largest absolute Gasteiger partial charge is 0.496 e. The van der Waals surface area contributed by atoms with Crippen LogP contribution in [0.15, 0.2) is 17.3 Å². The molecule has 0 aromatic carbocycles. The number of pyridine rings is 1. The number of halogens is 4. The Labute approximate surface area is 236 Å². The molecule has 0 radical (unpaired) electrons. The maximum Gasteiger partial charge on any atom is 0.391 e. The SMILES string of the molecule is CCn1nc(C(=O)NCC2CCC(S(C)(=O)=O)CC2)c(Cl)c1-c1cnc(N=CC2CC(C(F)(F)F)C2)cc1OC. The molecule has 9 nitrogen and oxygen atoms in total. The van der Waals surface area contributed by atoms with Crippen molar-refractivity contribution >= 4 is 39.4 Å². The van der Waals surface area contributed by atoms with E-state index in [1.54, 1.807) is 10.7 Å². The lowest BCUT2D eigenvalue weighted by Crippen LogP contribution is -2.36. The second-order valence-electron chi connectivity index (χ2n) is 10.5. The number of methoxy groups -OCH3 is 1. The lowest BCUT2D eigenvalue weighted by Gasteiger charge is -2.34. The van der Waals surface area contributed by atoms with E-state index in [2.05, 4.69) is 20.4 Å². The summed E-state index contributed by atoms with van der Waals surface area (Å²) in [6.45, 7) is 2.64. The van der Waals surface area contributed by atoms with Gasteiger partial charge in [0.2, 0.25) is 0 Å². The highest BCUT2D eigenvalue weighted by Gasteiger charge is 2.47. The van der Waals surface area contributed by atoms with Gasteiger partial charge in [-0.25, -0.2) is 18.4 Å². The molecule has 14 heteroatoms. The van der Waals surface area contributed by atoms with Gasteiger partial charge in [0.15, 0.2) is 11.5 Å². The van der Waals surface area contributed by atoms with Crippen molar-refractivity contribution in [1.82, 2.24) is 20.1 Å². The van der Waals surface area contributed by atoms with Gasteiger partial charge in [-0.15, -0.1) is 0 Å². The molecule has 0 bridgehead atoms.